The van der Waals surface area contributed by atoms with Crippen molar-refractivity contribution in [3.05, 3.63) is 89.2 Å². The molecule has 0 bridgehead atoms. The van der Waals surface area contributed by atoms with E-state index in [2.05, 4.69) is 46.4 Å². The van der Waals surface area contributed by atoms with Gasteiger partial charge in [0, 0.05) is 23.3 Å². The maximum atomic E-state index is 13.0. The van der Waals surface area contributed by atoms with Crippen LogP contribution in [0.25, 0.3) is 10.8 Å². The van der Waals surface area contributed by atoms with Gasteiger partial charge < -0.3 is 21.3 Å². The zero-order valence-corrected chi connectivity index (χ0v) is 26.6. The molecule has 46 heavy (non-hydrogen) atoms. The SMILES string of the molecule is CCCNc1nc(Cl)nc(Nc2ccc(N=Nc3cc4c(S(=O)(=O)O)cc(C)cc4cc3C)c(NC(=O)Nc3ccccc3)c2)n1. The lowest BCUT2D eigenvalue weighted by Gasteiger charge is -2.13. The molecule has 0 fully saturated rings. The highest BCUT2D eigenvalue weighted by molar-refractivity contribution is 7.86. The molecule has 0 saturated carbocycles. The minimum Gasteiger partial charge on any atom is -0.354 e. The summed E-state index contributed by atoms with van der Waals surface area (Å²) in [6.45, 7) is 6.22. The number of fused-ring (bicyclic) bond motifs is 1. The third-order valence-corrected chi connectivity index (χ3v) is 7.66. The van der Waals surface area contributed by atoms with Crippen molar-refractivity contribution in [2.75, 3.05) is 27.8 Å². The number of anilines is 5. The van der Waals surface area contributed by atoms with Crippen LogP contribution in [-0.4, -0.2) is 40.5 Å². The highest BCUT2D eigenvalue weighted by Gasteiger charge is 2.17. The van der Waals surface area contributed by atoms with E-state index in [0.717, 1.165) is 12.0 Å². The van der Waals surface area contributed by atoms with Crippen molar-refractivity contribution >= 4 is 78.9 Å². The fourth-order valence-corrected chi connectivity index (χ4v) is 5.46. The zero-order chi connectivity index (χ0) is 32.8. The molecule has 1 heterocycles. The fourth-order valence-electron chi connectivity index (χ4n) is 4.51. The summed E-state index contributed by atoms with van der Waals surface area (Å²) < 4.78 is 34.1. The Morgan fingerprint density at radius 3 is 2.35 bits per heavy atom. The van der Waals surface area contributed by atoms with Gasteiger partial charge in [0.25, 0.3) is 10.1 Å². The molecule has 236 valence electrons. The third kappa shape index (κ3) is 8.10. The third-order valence-electron chi connectivity index (χ3n) is 6.59. The number of azo groups is 1. The molecule has 0 atom stereocenters. The fraction of sp³-hybridized carbons (Fsp3) is 0.161. The number of aromatic nitrogens is 3. The summed E-state index contributed by atoms with van der Waals surface area (Å²) in [6, 6.07) is 19.9. The Bertz CT molecular complexity index is 2060. The number of urea groups is 1. The van der Waals surface area contributed by atoms with Gasteiger partial charge in [-0.1, -0.05) is 31.2 Å². The number of amides is 2. The van der Waals surface area contributed by atoms with Crippen LogP contribution in [0.3, 0.4) is 0 Å². The molecule has 0 aliphatic carbocycles. The van der Waals surface area contributed by atoms with Gasteiger partial charge in [0.2, 0.25) is 17.2 Å². The predicted octanol–water partition coefficient (Wildman–Crippen LogP) is 8.17. The Morgan fingerprint density at radius 2 is 1.61 bits per heavy atom. The van der Waals surface area contributed by atoms with Crippen LogP contribution in [0.4, 0.5) is 45.1 Å². The number of benzene rings is 4. The summed E-state index contributed by atoms with van der Waals surface area (Å²) in [7, 11) is -4.50. The van der Waals surface area contributed by atoms with Crippen LogP contribution >= 0.6 is 11.6 Å². The summed E-state index contributed by atoms with van der Waals surface area (Å²) >= 11 is 6.11. The second-order valence-corrected chi connectivity index (χ2v) is 12.0. The molecular weight excluding hydrogens is 630 g/mol. The molecule has 5 aromatic rings. The molecule has 4 aromatic carbocycles. The molecule has 0 spiro atoms. The van der Waals surface area contributed by atoms with Crippen molar-refractivity contribution in [3.63, 3.8) is 0 Å². The van der Waals surface area contributed by atoms with Gasteiger partial charge in [-0.05, 0) is 96.9 Å². The molecule has 0 unspecified atom stereocenters. The Balaban J connectivity index is 1.50. The molecule has 1 aromatic heterocycles. The van der Waals surface area contributed by atoms with Crippen molar-refractivity contribution in [1.29, 1.82) is 0 Å². The van der Waals surface area contributed by atoms with Gasteiger partial charge in [-0.3, -0.25) is 4.55 Å². The normalized spacial score (nSPS) is 11.5. The van der Waals surface area contributed by atoms with Gasteiger partial charge in [0.1, 0.15) is 10.6 Å². The Kier molecular flexibility index (Phi) is 9.70. The van der Waals surface area contributed by atoms with E-state index in [-0.39, 0.29) is 16.1 Å². The molecule has 13 nitrogen and oxygen atoms in total. The van der Waals surface area contributed by atoms with Gasteiger partial charge >= 0.3 is 6.03 Å². The van der Waals surface area contributed by atoms with E-state index in [1.807, 2.05) is 26.0 Å². The highest BCUT2D eigenvalue weighted by Crippen LogP contribution is 2.35. The van der Waals surface area contributed by atoms with E-state index in [0.29, 0.717) is 57.3 Å². The minimum atomic E-state index is -4.50. The van der Waals surface area contributed by atoms with E-state index in [1.165, 1.54) is 6.07 Å². The molecule has 0 saturated heterocycles. The standard InChI is InChI=1S/C31H30ClN9O4S/c1-4-12-33-29-37-28(32)38-30(39-29)34-22-10-11-24(26(16-22)36-31(42)35-21-8-6-5-7-9-21)40-41-25-17-23-20(15-19(25)3)13-18(2)14-27(23)46(43,44)45/h5-11,13-17H,4,12H2,1-3H3,(H2,35,36,42)(H,43,44,45)(H2,33,34,37,38,39). The average Bonchev–Trinajstić information content (AvgIpc) is 2.99. The number of hydrogen-bond donors (Lipinski definition) is 5. The molecule has 5 N–H and O–H groups in total. The number of aryl methyl sites for hydroxylation is 2. The molecule has 0 aliphatic rings. The number of nitrogens with one attached hydrogen (secondary N) is 4. The molecule has 15 heteroatoms. The van der Waals surface area contributed by atoms with Crippen molar-refractivity contribution in [2.24, 2.45) is 10.2 Å². The van der Waals surface area contributed by atoms with Gasteiger partial charge in [-0.15, -0.1) is 5.11 Å². The van der Waals surface area contributed by atoms with Crippen molar-refractivity contribution in [3.8, 4) is 0 Å². The van der Waals surface area contributed by atoms with E-state index in [9.17, 15) is 17.8 Å². The zero-order valence-electron chi connectivity index (χ0n) is 25.0. The number of rotatable bonds is 10. The van der Waals surface area contributed by atoms with E-state index < -0.39 is 16.1 Å². The Hall–Kier alpha value is -5.18. The Labute approximate surface area is 270 Å². The number of hydrogen-bond acceptors (Lipinski definition) is 10. The molecule has 2 amide bonds. The minimum absolute atomic E-state index is 0.000168. The summed E-state index contributed by atoms with van der Waals surface area (Å²) in [4.78, 5) is 25.3. The van der Waals surface area contributed by atoms with Gasteiger partial charge in [0.05, 0.1) is 11.4 Å². The topological polar surface area (TPSA) is 183 Å². The van der Waals surface area contributed by atoms with Crippen LogP contribution < -0.4 is 21.3 Å². The van der Waals surface area contributed by atoms with Gasteiger partial charge in [-0.25, -0.2) is 4.79 Å². The van der Waals surface area contributed by atoms with E-state index in [4.69, 9.17) is 11.6 Å². The van der Waals surface area contributed by atoms with E-state index >= 15 is 0 Å². The molecule has 0 radical (unpaired) electrons. The summed E-state index contributed by atoms with van der Waals surface area (Å²) in [5.41, 5.74) is 3.45. The van der Waals surface area contributed by atoms with Crippen molar-refractivity contribution < 1.29 is 17.8 Å². The number of nitrogens with zero attached hydrogens (tertiary/aromatic N) is 5. The van der Waals surface area contributed by atoms with Crippen LogP contribution in [0.2, 0.25) is 5.28 Å². The largest absolute Gasteiger partial charge is 0.354 e. The number of carbonyl (C=O) groups is 1. The first kappa shape index (κ1) is 32.2. The highest BCUT2D eigenvalue weighted by atomic mass is 35.5. The first-order valence-electron chi connectivity index (χ1n) is 14.1. The molecule has 5 rings (SSSR count). The lowest BCUT2D eigenvalue weighted by Crippen LogP contribution is -2.19. The predicted molar refractivity (Wildman–Crippen MR) is 180 cm³/mol. The van der Waals surface area contributed by atoms with Crippen molar-refractivity contribution in [2.45, 2.75) is 32.1 Å². The first-order valence-corrected chi connectivity index (χ1v) is 15.9. The average molecular weight is 660 g/mol. The lowest BCUT2D eigenvalue weighted by atomic mass is 10.0. The first-order chi connectivity index (χ1) is 22.0. The van der Waals surface area contributed by atoms with Gasteiger partial charge in [0.15, 0.2) is 0 Å². The molecule has 0 aliphatic heterocycles. The van der Waals surface area contributed by atoms with Crippen LogP contribution in [0.15, 0.2) is 87.9 Å². The van der Waals surface area contributed by atoms with E-state index in [1.54, 1.807) is 61.5 Å². The van der Waals surface area contributed by atoms with Crippen molar-refractivity contribution in [1.82, 2.24) is 15.0 Å². The monoisotopic (exact) mass is 659 g/mol. The Morgan fingerprint density at radius 1 is 0.870 bits per heavy atom. The number of halogens is 1. The maximum absolute atomic E-state index is 13.0. The second kappa shape index (κ2) is 13.9. The lowest BCUT2D eigenvalue weighted by molar-refractivity contribution is 0.262. The summed E-state index contributed by atoms with van der Waals surface area (Å²) in [5, 5.41) is 21.4. The van der Waals surface area contributed by atoms with Crippen LogP contribution in [0.1, 0.15) is 24.5 Å². The second-order valence-electron chi connectivity index (χ2n) is 10.3. The number of carbonyl (C=O) groups excluding carboxylic acids is 1. The van der Waals surface area contributed by atoms with Crippen LogP contribution in [0, 0.1) is 13.8 Å². The smallest absolute Gasteiger partial charge is 0.323 e. The summed E-state index contributed by atoms with van der Waals surface area (Å²) in [6.07, 6.45) is 0.863. The summed E-state index contributed by atoms with van der Waals surface area (Å²) in [5.74, 6) is 0.498. The quantitative estimate of drug-likeness (QED) is 0.0729. The molecular formula is C31H30ClN9O4S. The van der Waals surface area contributed by atoms with Crippen LogP contribution in [0.5, 0.6) is 0 Å². The van der Waals surface area contributed by atoms with Gasteiger partial charge in [-0.2, -0.15) is 28.5 Å². The maximum Gasteiger partial charge on any atom is 0.323 e. The van der Waals surface area contributed by atoms with Crippen LogP contribution in [-0.2, 0) is 10.1 Å². The number of para-hydroxylation sites is 1.